The van der Waals surface area contributed by atoms with Gasteiger partial charge in [-0.2, -0.15) is 0 Å². The first kappa shape index (κ1) is 22.6. The maximum absolute atomic E-state index is 12.4. The highest BCUT2D eigenvalue weighted by Crippen LogP contribution is 2.42. The Hall–Kier alpha value is -1.55. The van der Waals surface area contributed by atoms with Gasteiger partial charge in [0.1, 0.15) is 0 Å². The highest BCUT2D eigenvalue weighted by Gasteiger charge is 2.47. The first-order valence-corrected chi connectivity index (χ1v) is 12.4. The second kappa shape index (κ2) is 9.13. The zero-order valence-corrected chi connectivity index (χ0v) is 20.3. The molecule has 4 heteroatoms. The summed E-state index contributed by atoms with van der Waals surface area (Å²) in [6, 6.07) is 4.85. The lowest BCUT2D eigenvalue weighted by Crippen LogP contribution is -2.44. The van der Waals surface area contributed by atoms with Gasteiger partial charge < -0.3 is 14.4 Å². The number of ether oxygens (including phenoxy) is 2. The van der Waals surface area contributed by atoms with Crippen LogP contribution in [0.3, 0.4) is 0 Å². The van der Waals surface area contributed by atoms with Crippen LogP contribution in [0.25, 0.3) is 0 Å². The molecular formula is C27H41NO3. The number of hydrogen-bond acceptors (Lipinski definition) is 4. The fourth-order valence-corrected chi connectivity index (χ4v) is 6.58. The minimum Gasteiger partial charge on any atom is -0.435 e. The van der Waals surface area contributed by atoms with Gasteiger partial charge >= 0.3 is 5.97 Å². The average Bonchev–Trinajstić information content (AvgIpc) is 3.27. The molecule has 31 heavy (non-hydrogen) atoms. The van der Waals surface area contributed by atoms with Crippen LogP contribution < -0.4 is 4.90 Å². The van der Waals surface area contributed by atoms with Crippen molar-refractivity contribution in [3.8, 4) is 0 Å². The summed E-state index contributed by atoms with van der Waals surface area (Å²) < 4.78 is 12.5. The van der Waals surface area contributed by atoms with E-state index < -0.39 is 6.29 Å². The van der Waals surface area contributed by atoms with E-state index in [1.54, 1.807) is 0 Å². The van der Waals surface area contributed by atoms with Crippen LogP contribution in [0.1, 0.15) is 76.0 Å². The zero-order valence-electron chi connectivity index (χ0n) is 20.3. The molecule has 0 amide bonds. The van der Waals surface area contributed by atoms with E-state index in [-0.39, 0.29) is 18.0 Å². The van der Waals surface area contributed by atoms with Gasteiger partial charge in [0.2, 0.25) is 6.29 Å². The molecule has 4 nitrogen and oxygen atoms in total. The Morgan fingerprint density at radius 3 is 2.48 bits per heavy atom. The molecule has 1 aliphatic carbocycles. The molecule has 3 aliphatic rings. The van der Waals surface area contributed by atoms with E-state index in [2.05, 4.69) is 58.6 Å². The second-order valence-corrected chi connectivity index (χ2v) is 10.9. The predicted molar refractivity (Wildman–Crippen MR) is 125 cm³/mol. The van der Waals surface area contributed by atoms with Crippen molar-refractivity contribution in [2.75, 3.05) is 11.4 Å². The minimum absolute atomic E-state index is 0.0934. The van der Waals surface area contributed by atoms with Crippen molar-refractivity contribution < 1.29 is 14.3 Å². The Morgan fingerprint density at radius 1 is 1.10 bits per heavy atom. The van der Waals surface area contributed by atoms with Crippen LogP contribution >= 0.6 is 0 Å². The number of carbonyl (C=O) groups is 1. The van der Waals surface area contributed by atoms with Crippen LogP contribution in [0.5, 0.6) is 0 Å². The standard InChI is InChI=1S/C27H41NO3/c1-16(2)21-10-9-17(3)14-24(21)30-27-22(15-25(29)31-27)23-8-7-11-28(23)26-19(5)12-18(4)13-20(26)6/h12-13,16-17,21-24,27H,7-11,14-15H2,1-6H3/t17-,21+,22+,23-,24-,27-/m1/s1. The Kier molecular flexibility index (Phi) is 6.67. The summed E-state index contributed by atoms with van der Waals surface area (Å²) in [6.45, 7) is 14.6. The maximum atomic E-state index is 12.4. The largest absolute Gasteiger partial charge is 0.435 e. The van der Waals surface area contributed by atoms with Crippen LogP contribution in [-0.2, 0) is 14.3 Å². The molecular weight excluding hydrogens is 386 g/mol. The van der Waals surface area contributed by atoms with Crippen molar-refractivity contribution >= 4 is 11.7 Å². The van der Waals surface area contributed by atoms with Gasteiger partial charge in [-0.25, -0.2) is 0 Å². The number of benzene rings is 1. The van der Waals surface area contributed by atoms with Gasteiger partial charge in [-0.3, -0.25) is 4.79 Å². The molecule has 2 saturated heterocycles. The quantitative estimate of drug-likeness (QED) is 0.545. The fraction of sp³-hybridized carbons (Fsp3) is 0.741. The number of cyclic esters (lactones) is 1. The Bertz CT molecular complexity index is 781. The zero-order chi connectivity index (χ0) is 22.3. The van der Waals surface area contributed by atoms with Crippen molar-refractivity contribution in [3.05, 3.63) is 28.8 Å². The second-order valence-electron chi connectivity index (χ2n) is 10.9. The number of rotatable bonds is 5. The third-order valence-corrected chi connectivity index (χ3v) is 7.99. The van der Waals surface area contributed by atoms with Gasteiger partial charge in [-0.05, 0) is 75.3 Å². The molecule has 1 saturated carbocycles. The van der Waals surface area contributed by atoms with Crippen LogP contribution in [0.4, 0.5) is 5.69 Å². The van der Waals surface area contributed by atoms with Gasteiger partial charge in [0.25, 0.3) is 0 Å². The number of nitrogens with zero attached hydrogens (tertiary/aromatic N) is 1. The summed E-state index contributed by atoms with van der Waals surface area (Å²) in [5.41, 5.74) is 5.31. The van der Waals surface area contributed by atoms with Crippen molar-refractivity contribution in [1.82, 2.24) is 0 Å². The average molecular weight is 428 g/mol. The molecule has 2 heterocycles. The number of esters is 1. The molecule has 172 valence electrons. The molecule has 0 unspecified atom stereocenters. The van der Waals surface area contributed by atoms with Gasteiger partial charge in [-0.1, -0.05) is 44.9 Å². The summed E-state index contributed by atoms with van der Waals surface area (Å²) in [5, 5.41) is 0. The molecule has 0 N–H and O–H groups in total. The van der Waals surface area contributed by atoms with Crippen molar-refractivity contribution in [2.24, 2.45) is 23.7 Å². The number of carbonyl (C=O) groups excluding carboxylic acids is 1. The Morgan fingerprint density at radius 2 is 1.81 bits per heavy atom. The minimum atomic E-state index is -0.402. The first-order chi connectivity index (χ1) is 14.7. The van der Waals surface area contributed by atoms with E-state index in [9.17, 15) is 4.79 Å². The third kappa shape index (κ3) is 4.65. The van der Waals surface area contributed by atoms with Crippen LogP contribution in [0.15, 0.2) is 12.1 Å². The monoisotopic (exact) mass is 427 g/mol. The molecule has 0 aromatic heterocycles. The number of hydrogen-bond donors (Lipinski definition) is 0. The number of aryl methyl sites for hydroxylation is 3. The summed E-state index contributed by atoms with van der Waals surface area (Å²) >= 11 is 0. The number of anilines is 1. The van der Waals surface area contributed by atoms with Gasteiger partial charge in [0.15, 0.2) is 0 Å². The van der Waals surface area contributed by atoms with E-state index in [1.807, 2.05) is 0 Å². The lowest BCUT2D eigenvalue weighted by atomic mass is 9.75. The molecule has 6 atom stereocenters. The van der Waals surface area contributed by atoms with Gasteiger partial charge in [0, 0.05) is 18.3 Å². The fourth-order valence-electron chi connectivity index (χ4n) is 6.58. The maximum Gasteiger partial charge on any atom is 0.308 e. The van der Waals surface area contributed by atoms with E-state index in [1.165, 1.54) is 35.2 Å². The molecule has 1 aromatic carbocycles. The van der Waals surface area contributed by atoms with Crippen molar-refractivity contribution in [1.29, 1.82) is 0 Å². The van der Waals surface area contributed by atoms with Crippen LogP contribution in [0.2, 0.25) is 0 Å². The lowest BCUT2D eigenvalue weighted by Gasteiger charge is -2.40. The Labute approximate surface area is 188 Å². The summed E-state index contributed by atoms with van der Waals surface area (Å²) in [5.74, 6) is 1.84. The van der Waals surface area contributed by atoms with E-state index >= 15 is 0 Å². The molecule has 0 spiro atoms. The lowest BCUT2D eigenvalue weighted by molar-refractivity contribution is -0.197. The summed E-state index contributed by atoms with van der Waals surface area (Å²) in [7, 11) is 0. The van der Waals surface area contributed by atoms with Crippen molar-refractivity contribution in [2.45, 2.75) is 98.5 Å². The van der Waals surface area contributed by atoms with Crippen LogP contribution in [0, 0.1) is 44.4 Å². The molecule has 0 radical (unpaired) electrons. The predicted octanol–water partition coefficient (Wildman–Crippen LogP) is 5.95. The normalized spacial score (nSPS) is 33.9. The van der Waals surface area contributed by atoms with Crippen LogP contribution in [-0.4, -0.2) is 30.9 Å². The SMILES string of the molecule is Cc1cc(C)c(N2CCC[C@@H]2[C@@H]2CC(=O)O[C@H]2O[C@@H]2C[C@H](C)CC[C@H]2C(C)C)c(C)c1. The molecule has 4 rings (SSSR count). The highest BCUT2D eigenvalue weighted by atomic mass is 16.7. The molecule has 1 aromatic rings. The van der Waals surface area contributed by atoms with E-state index in [4.69, 9.17) is 9.47 Å². The smallest absolute Gasteiger partial charge is 0.308 e. The molecule has 2 aliphatic heterocycles. The Balaban J connectivity index is 1.56. The van der Waals surface area contributed by atoms with Crippen molar-refractivity contribution in [3.63, 3.8) is 0 Å². The first-order valence-electron chi connectivity index (χ1n) is 12.4. The van der Waals surface area contributed by atoms with E-state index in [0.717, 1.165) is 25.8 Å². The van der Waals surface area contributed by atoms with E-state index in [0.29, 0.717) is 30.2 Å². The molecule has 0 bridgehead atoms. The summed E-state index contributed by atoms with van der Waals surface area (Å²) in [6.07, 6.45) is 6.09. The highest BCUT2D eigenvalue weighted by molar-refractivity contribution is 5.72. The van der Waals surface area contributed by atoms with Gasteiger partial charge in [0.05, 0.1) is 18.4 Å². The topological polar surface area (TPSA) is 38.8 Å². The third-order valence-electron chi connectivity index (χ3n) is 7.99. The molecule has 3 fully saturated rings. The van der Waals surface area contributed by atoms with Gasteiger partial charge in [-0.15, -0.1) is 0 Å². The summed E-state index contributed by atoms with van der Waals surface area (Å²) in [4.78, 5) is 15.0.